The minimum absolute atomic E-state index is 0.191. The predicted molar refractivity (Wildman–Crippen MR) is 72.2 cm³/mol. The van der Waals surface area contributed by atoms with Crippen LogP contribution in [-0.2, 0) is 6.18 Å². The SMILES string of the molecule is CC1C(N)CCN1C(=O)c1ccc(Br)cc1C(F)(F)F. The minimum atomic E-state index is -4.57. The molecule has 1 aliphatic rings. The number of alkyl halides is 3. The van der Waals surface area contributed by atoms with Crippen LogP contribution in [0.4, 0.5) is 13.2 Å². The highest BCUT2D eigenvalue weighted by Gasteiger charge is 2.39. The molecule has 1 aromatic carbocycles. The van der Waals surface area contributed by atoms with Gasteiger partial charge in [0.25, 0.3) is 5.91 Å². The highest BCUT2D eigenvalue weighted by molar-refractivity contribution is 9.10. The zero-order valence-corrected chi connectivity index (χ0v) is 12.3. The van der Waals surface area contributed by atoms with E-state index in [9.17, 15) is 18.0 Å². The molecule has 1 aromatic rings. The van der Waals surface area contributed by atoms with Gasteiger partial charge in [-0.3, -0.25) is 4.79 Å². The molecule has 20 heavy (non-hydrogen) atoms. The van der Waals surface area contributed by atoms with Gasteiger partial charge in [0.15, 0.2) is 0 Å². The molecule has 2 rings (SSSR count). The lowest BCUT2D eigenvalue weighted by atomic mass is 10.1. The van der Waals surface area contributed by atoms with E-state index in [1.54, 1.807) is 6.92 Å². The quantitative estimate of drug-likeness (QED) is 0.846. The van der Waals surface area contributed by atoms with Crippen LogP contribution in [0, 0.1) is 0 Å². The van der Waals surface area contributed by atoms with Gasteiger partial charge in [-0.15, -0.1) is 0 Å². The van der Waals surface area contributed by atoms with Crippen LogP contribution >= 0.6 is 15.9 Å². The maximum atomic E-state index is 13.0. The van der Waals surface area contributed by atoms with Crippen molar-refractivity contribution in [1.29, 1.82) is 0 Å². The smallest absolute Gasteiger partial charge is 0.334 e. The monoisotopic (exact) mass is 350 g/mol. The summed E-state index contributed by atoms with van der Waals surface area (Å²) >= 11 is 3.00. The van der Waals surface area contributed by atoms with Crippen LogP contribution in [0.1, 0.15) is 29.3 Å². The van der Waals surface area contributed by atoms with Crippen LogP contribution in [0.3, 0.4) is 0 Å². The number of benzene rings is 1. The summed E-state index contributed by atoms with van der Waals surface area (Å²) in [5, 5.41) is 0. The molecular weight excluding hydrogens is 337 g/mol. The van der Waals surface area contributed by atoms with E-state index >= 15 is 0 Å². The van der Waals surface area contributed by atoms with Crippen LogP contribution in [-0.4, -0.2) is 29.4 Å². The highest BCUT2D eigenvalue weighted by Crippen LogP contribution is 2.35. The summed E-state index contributed by atoms with van der Waals surface area (Å²) in [6.45, 7) is 2.14. The topological polar surface area (TPSA) is 46.3 Å². The molecule has 2 N–H and O–H groups in total. The second kappa shape index (κ2) is 5.37. The Morgan fingerprint density at radius 1 is 1.45 bits per heavy atom. The first-order chi connectivity index (χ1) is 9.21. The molecule has 0 radical (unpaired) electrons. The van der Waals surface area contributed by atoms with E-state index in [0.29, 0.717) is 13.0 Å². The zero-order chi connectivity index (χ0) is 15.1. The molecule has 0 bridgehead atoms. The lowest BCUT2D eigenvalue weighted by Gasteiger charge is -2.24. The number of likely N-dealkylation sites (tertiary alicyclic amines) is 1. The molecule has 2 atom stereocenters. The van der Waals surface area contributed by atoms with E-state index in [0.717, 1.165) is 6.07 Å². The second-order valence-corrected chi connectivity index (χ2v) is 5.80. The molecule has 0 aromatic heterocycles. The van der Waals surface area contributed by atoms with Crippen molar-refractivity contribution in [3.05, 3.63) is 33.8 Å². The second-order valence-electron chi connectivity index (χ2n) is 4.88. The first kappa shape index (κ1) is 15.3. The van der Waals surface area contributed by atoms with Gasteiger partial charge in [0, 0.05) is 23.1 Å². The molecule has 3 nitrogen and oxygen atoms in total. The minimum Gasteiger partial charge on any atom is -0.334 e. The summed E-state index contributed by atoms with van der Waals surface area (Å²) in [6, 6.07) is 3.11. The van der Waals surface area contributed by atoms with Crippen molar-refractivity contribution in [2.75, 3.05) is 6.54 Å². The third-order valence-corrected chi connectivity index (χ3v) is 4.09. The van der Waals surface area contributed by atoms with E-state index in [2.05, 4.69) is 15.9 Å². The lowest BCUT2D eigenvalue weighted by molar-refractivity contribution is -0.138. The number of halogens is 4. The summed E-state index contributed by atoms with van der Waals surface area (Å²) in [5.41, 5.74) is 4.55. The van der Waals surface area contributed by atoms with E-state index in [4.69, 9.17) is 5.73 Å². The number of carbonyl (C=O) groups is 1. The standard InChI is InChI=1S/C13H14BrF3N2O/c1-7-11(18)4-5-19(7)12(20)9-3-2-8(14)6-10(9)13(15,16)17/h2-3,6-7,11H,4-5,18H2,1H3. The van der Waals surface area contributed by atoms with Crippen molar-refractivity contribution in [3.63, 3.8) is 0 Å². The summed E-state index contributed by atoms with van der Waals surface area (Å²) in [4.78, 5) is 13.7. The molecule has 0 aliphatic carbocycles. The molecule has 1 fully saturated rings. The zero-order valence-electron chi connectivity index (χ0n) is 10.7. The van der Waals surface area contributed by atoms with Gasteiger partial charge in [-0.25, -0.2) is 0 Å². The van der Waals surface area contributed by atoms with E-state index in [1.807, 2.05) is 0 Å². The van der Waals surface area contributed by atoms with Gasteiger partial charge >= 0.3 is 6.18 Å². The Morgan fingerprint density at radius 2 is 2.10 bits per heavy atom. The molecule has 1 amide bonds. The summed E-state index contributed by atoms with van der Waals surface area (Å²) in [7, 11) is 0. The Kier molecular flexibility index (Phi) is 4.11. The van der Waals surface area contributed by atoms with Gasteiger partial charge in [-0.2, -0.15) is 13.2 Å². The molecule has 0 spiro atoms. The first-order valence-corrected chi connectivity index (χ1v) is 6.94. The Balaban J connectivity index is 2.40. The third kappa shape index (κ3) is 2.83. The molecule has 0 saturated carbocycles. The lowest BCUT2D eigenvalue weighted by Crippen LogP contribution is -2.41. The van der Waals surface area contributed by atoms with Gasteiger partial charge < -0.3 is 10.6 Å². The highest BCUT2D eigenvalue weighted by atomic mass is 79.9. The van der Waals surface area contributed by atoms with Crippen molar-refractivity contribution in [2.24, 2.45) is 5.73 Å². The Bertz CT molecular complexity index is 533. The van der Waals surface area contributed by atoms with E-state index in [1.165, 1.54) is 17.0 Å². The Morgan fingerprint density at radius 3 is 2.60 bits per heavy atom. The number of carbonyl (C=O) groups excluding carboxylic acids is 1. The summed E-state index contributed by atoms with van der Waals surface area (Å²) < 4.78 is 39.4. The molecule has 1 aliphatic heterocycles. The van der Waals surface area contributed by atoms with Gasteiger partial charge in [0.1, 0.15) is 0 Å². The maximum absolute atomic E-state index is 13.0. The molecule has 2 unspecified atom stereocenters. The summed E-state index contributed by atoms with van der Waals surface area (Å²) in [6.07, 6.45) is -3.97. The van der Waals surface area contributed by atoms with Crippen molar-refractivity contribution in [3.8, 4) is 0 Å². The predicted octanol–water partition coefficient (Wildman–Crippen LogP) is 3.03. The average Bonchev–Trinajstić information content (AvgIpc) is 2.68. The van der Waals surface area contributed by atoms with Gasteiger partial charge in [0.2, 0.25) is 0 Å². The number of nitrogens with zero attached hydrogens (tertiary/aromatic N) is 1. The Labute approximate surface area is 123 Å². The first-order valence-electron chi connectivity index (χ1n) is 6.15. The molecule has 110 valence electrons. The van der Waals surface area contributed by atoms with E-state index in [-0.39, 0.29) is 22.1 Å². The van der Waals surface area contributed by atoms with Crippen molar-refractivity contribution >= 4 is 21.8 Å². The molecule has 1 heterocycles. The van der Waals surface area contributed by atoms with Gasteiger partial charge in [-0.05, 0) is 31.5 Å². The number of hydrogen-bond acceptors (Lipinski definition) is 2. The van der Waals surface area contributed by atoms with Gasteiger partial charge in [-0.1, -0.05) is 15.9 Å². The van der Waals surface area contributed by atoms with Crippen molar-refractivity contribution in [1.82, 2.24) is 4.90 Å². The molecule has 7 heteroatoms. The Hall–Kier alpha value is -1.08. The van der Waals surface area contributed by atoms with E-state index < -0.39 is 17.6 Å². The van der Waals surface area contributed by atoms with Crippen molar-refractivity contribution in [2.45, 2.75) is 31.6 Å². The van der Waals surface area contributed by atoms with Crippen LogP contribution in [0.15, 0.2) is 22.7 Å². The number of hydrogen-bond donors (Lipinski definition) is 1. The number of nitrogens with two attached hydrogens (primary N) is 1. The fourth-order valence-corrected chi connectivity index (χ4v) is 2.70. The summed E-state index contributed by atoms with van der Waals surface area (Å²) in [5.74, 6) is -0.620. The maximum Gasteiger partial charge on any atom is 0.417 e. The fourth-order valence-electron chi connectivity index (χ4n) is 2.34. The van der Waals surface area contributed by atoms with Gasteiger partial charge in [0.05, 0.1) is 11.1 Å². The normalized spacial score (nSPS) is 23.2. The van der Waals surface area contributed by atoms with Crippen LogP contribution in [0.5, 0.6) is 0 Å². The molecule has 1 saturated heterocycles. The molecular formula is C13H14BrF3N2O. The average molecular weight is 351 g/mol. The van der Waals surface area contributed by atoms with Crippen LogP contribution < -0.4 is 5.73 Å². The van der Waals surface area contributed by atoms with Crippen molar-refractivity contribution < 1.29 is 18.0 Å². The van der Waals surface area contributed by atoms with Crippen LogP contribution in [0.2, 0.25) is 0 Å². The number of rotatable bonds is 1. The van der Waals surface area contributed by atoms with Crippen LogP contribution in [0.25, 0.3) is 0 Å². The fraction of sp³-hybridized carbons (Fsp3) is 0.462. The number of amides is 1. The third-order valence-electron chi connectivity index (χ3n) is 3.59. The largest absolute Gasteiger partial charge is 0.417 e.